The number of halogens is 3. The number of aromatic nitrogens is 2. The molecule has 0 saturated heterocycles. The molecule has 3 rings (SSSR count). The maximum atomic E-state index is 12.8. The number of carbonyl (C=O) groups excluding carboxylic acids is 2. The van der Waals surface area contributed by atoms with Crippen LogP contribution in [0.2, 0.25) is 0 Å². The van der Waals surface area contributed by atoms with E-state index in [1.54, 1.807) is 24.3 Å². The van der Waals surface area contributed by atoms with E-state index < -0.39 is 36.2 Å². The molecule has 2 amide bonds. The third-order valence-electron chi connectivity index (χ3n) is 3.94. The van der Waals surface area contributed by atoms with Gasteiger partial charge in [-0.15, -0.1) is 0 Å². The van der Waals surface area contributed by atoms with Gasteiger partial charge in [-0.1, -0.05) is 18.2 Å². The van der Waals surface area contributed by atoms with Gasteiger partial charge in [0.25, 0.3) is 5.91 Å². The van der Waals surface area contributed by atoms with Crippen LogP contribution in [0.15, 0.2) is 54.7 Å². The Morgan fingerprint density at radius 1 is 1.07 bits per heavy atom. The number of nitrogens with one attached hydrogen (secondary N) is 2. The van der Waals surface area contributed by atoms with Gasteiger partial charge in [0, 0.05) is 5.69 Å². The number of benzene rings is 2. The number of aliphatic hydroxyl groups is 1. The summed E-state index contributed by atoms with van der Waals surface area (Å²) in [6, 6.07) is 9.46. The number of amides is 2. The van der Waals surface area contributed by atoms with Crippen molar-refractivity contribution in [1.29, 1.82) is 0 Å². The standard InChI is InChI=1S/C19H15F3N4O3/c20-19(21,22)11-4-3-5-12(8-11)24-18(29)16(10-27)26-17(28)15-9-23-13-6-1-2-7-14(13)25-15/h1-9,16,27H,10H2,(H,24,29)(H,26,28). The molecule has 10 heteroatoms. The second kappa shape index (κ2) is 8.23. The molecule has 150 valence electrons. The first-order valence-electron chi connectivity index (χ1n) is 8.39. The van der Waals surface area contributed by atoms with Crippen molar-refractivity contribution in [3.8, 4) is 0 Å². The lowest BCUT2D eigenvalue weighted by molar-refractivity contribution is -0.137. The fourth-order valence-electron chi connectivity index (χ4n) is 2.50. The first kappa shape index (κ1) is 20.2. The molecule has 3 aromatic rings. The number of rotatable bonds is 5. The summed E-state index contributed by atoms with van der Waals surface area (Å²) in [5.74, 6) is -1.64. The third-order valence-corrected chi connectivity index (χ3v) is 3.94. The molecule has 1 atom stereocenters. The topological polar surface area (TPSA) is 104 Å². The van der Waals surface area contributed by atoms with Crippen LogP contribution in [-0.2, 0) is 11.0 Å². The van der Waals surface area contributed by atoms with Crippen LogP contribution in [0.4, 0.5) is 18.9 Å². The quantitative estimate of drug-likeness (QED) is 0.606. The number of fused-ring (bicyclic) bond motifs is 1. The van der Waals surface area contributed by atoms with E-state index in [0.717, 1.165) is 18.2 Å². The Morgan fingerprint density at radius 2 is 1.79 bits per heavy atom. The predicted molar refractivity (Wildman–Crippen MR) is 98.0 cm³/mol. The highest BCUT2D eigenvalue weighted by Gasteiger charge is 2.30. The van der Waals surface area contributed by atoms with Crippen molar-refractivity contribution < 1.29 is 27.9 Å². The van der Waals surface area contributed by atoms with Crippen LogP contribution >= 0.6 is 0 Å². The molecule has 2 aromatic carbocycles. The summed E-state index contributed by atoms with van der Waals surface area (Å²) in [6.45, 7) is -0.766. The van der Waals surface area contributed by atoms with Crippen molar-refractivity contribution in [2.24, 2.45) is 0 Å². The van der Waals surface area contributed by atoms with Crippen LogP contribution in [-0.4, -0.2) is 39.5 Å². The van der Waals surface area contributed by atoms with Crippen molar-refractivity contribution in [2.45, 2.75) is 12.2 Å². The smallest absolute Gasteiger partial charge is 0.394 e. The number of nitrogens with zero attached hydrogens (tertiary/aromatic N) is 2. The van der Waals surface area contributed by atoms with Crippen molar-refractivity contribution in [2.75, 3.05) is 11.9 Å². The monoisotopic (exact) mass is 404 g/mol. The average molecular weight is 404 g/mol. The lowest BCUT2D eigenvalue weighted by Crippen LogP contribution is -2.46. The van der Waals surface area contributed by atoms with E-state index in [9.17, 15) is 27.9 Å². The van der Waals surface area contributed by atoms with E-state index in [-0.39, 0.29) is 11.4 Å². The average Bonchev–Trinajstić information content (AvgIpc) is 2.71. The minimum atomic E-state index is -4.57. The number of aliphatic hydroxyl groups excluding tert-OH is 1. The Balaban J connectivity index is 1.71. The Kier molecular flexibility index (Phi) is 5.74. The summed E-state index contributed by atoms with van der Waals surface area (Å²) in [5.41, 5.74) is -0.0949. The van der Waals surface area contributed by atoms with Crippen molar-refractivity contribution in [3.05, 3.63) is 66.0 Å². The Hall–Kier alpha value is -3.53. The number of hydrogen-bond acceptors (Lipinski definition) is 5. The highest BCUT2D eigenvalue weighted by Crippen LogP contribution is 2.30. The summed E-state index contributed by atoms with van der Waals surface area (Å²) in [5, 5.41) is 14.0. The van der Waals surface area contributed by atoms with E-state index in [4.69, 9.17) is 0 Å². The fraction of sp³-hybridized carbons (Fsp3) is 0.158. The minimum absolute atomic E-state index is 0.0750. The Bertz CT molecular complexity index is 1060. The molecule has 1 heterocycles. The van der Waals surface area contributed by atoms with E-state index in [1.807, 2.05) is 0 Å². The first-order chi connectivity index (χ1) is 13.8. The molecular formula is C19H15F3N4O3. The number of anilines is 1. The zero-order valence-corrected chi connectivity index (χ0v) is 14.8. The van der Waals surface area contributed by atoms with Gasteiger partial charge in [-0.3, -0.25) is 14.6 Å². The molecule has 1 unspecified atom stereocenters. The van der Waals surface area contributed by atoms with E-state index >= 15 is 0 Å². The van der Waals surface area contributed by atoms with Gasteiger partial charge in [0.2, 0.25) is 5.91 Å². The van der Waals surface area contributed by atoms with E-state index in [2.05, 4.69) is 20.6 Å². The number of alkyl halides is 3. The van der Waals surface area contributed by atoms with Gasteiger partial charge in [0.1, 0.15) is 11.7 Å². The molecular weight excluding hydrogens is 389 g/mol. The van der Waals surface area contributed by atoms with Gasteiger partial charge in [0.15, 0.2) is 0 Å². The molecule has 0 saturated carbocycles. The van der Waals surface area contributed by atoms with Gasteiger partial charge in [-0.2, -0.15) is 13.2 Å². The van der Waals surface area contributed by atoms with Crippen LogP contribution in [0, 0.1) is 0 Å². The molecule has 0 fully saturated rings. The summed E-state index contributed by atoms with van der Waals surface area (Å²) in [7, 11) is 0. The molecule has 0 aliphatic heterocycles. The molecule has 0 aliphatic carbocycles. The molecule has 7 nitrogen and oxygen atoms in total. The van der Waals surface area contributed by atoms with Crippen LogP contribution in [0.25, 0.3) is 11.0 Å². The summed E-state index contributed by atoms with van der Waals surface area (Å²) >= 11 is 0. The van der Waals surface area contributed by atoms with Gasteiger partial charge in [-0.25, -0.2) is 4.98 Å². The summed E-state index contributed by atoms with van der Waals surface area (Å²) in [6.07, 6.45) is -3.35. The molecule has 0 aliphatic rings. The minimum Gasteiger partial charge on any atom is -0.394 e. The Morgan fingerprint density at radius 3 is 2.48 bits per heavy atom. The molecule has 0 bridgehead atoms. The number of carbonyl (C=O) groups is 2. The zero-order chi connectivity index (χ0) is 21.0. The fourth-order valence-corrected chi connectivity index (χ4v) is 2.50. The highest BCUT2D eigenvalue weighted by atomic mass is 19.4. The second-order valence-corrected chi connectivity index (χ2v) is 6.02. The lowest BCUT2D eigenvalue weighted by atomic mass is 10.2. The van der Waals surface area contributed by atoms with Crippen molar-refractivity contribution in [1.82, 2.24) is 15.3 Å². The van der Waals surface area contributed by atoms with Crippen LogP contribution in [0.3, 0.4) is 0 Å². The normalized spacial score (nSPS) is 12.4. The van der Waals surface area contributed by atoms with Crippen LogP contribution in [0.1, 0.15) is 16.1 Å². The van der Waals surface area contributed by atoms with Crippen molar-refractivity contribution >= 4 is 28.5 Å². The van der Waals surface area contributed by atoms with Gasteiger partial charge < -0.3 is 15.7 Å². The van der Waals surface area contributed by atoms with Gasteiger partial charge in [0.05, 0.1) is 29.4 Å². The molecule has 1 aromatic heterocycles. The van der Waals surface area contributed by atoms with E-state index in [0.29, 0.717) is 11.0 Å². The first-order valence-corrected chi connectivity index (χ1v) is 8.39. The molecule has 0 spiro atoms. The Labute approximate surface area is 162 Å². The highest BCUT2D eigenvalue weighted by molar-refractivity contribution is 6.01. The van der Waals surface area contributed by atoms with Gasteiger partial charge >= 0.3 is 6.18 Å². The SMILES string of the molecule is O=C(NC(CO)C(=O)Nc1cccc(C(F)(F)F)c1)c1cnc2ccccc2n1. The second-order valence-electron chi connectivity index (χ2n) is 6.02. The maximum Gasteiger partial charge on any atom is 0.416 e. The zero-order valence-electron chi connectivity index (χ0n) is 14.8. The third kappa shape index (κ3) is 4.85. The largest absolute Gasteiger partial charge is 0.416 e. The van der Waals surface area contributed by atoms with Crippen LogP contribution < -0.4 is 10.6 Å². The van der Waals surface area contributed by atoms with E-state index in [1.165, 1.54) is 12.3 Å². The number of hydrogen-bond donors (Lipinski definition) is 3. The van der Waals surface area contributed by atoms with Gasteiger partial charge in [-0.05, 0) is 30.3 Å². The predicted octanol–water partition coefficient (Wildman–Crippen LogP) is 2.38. The molecule has 29 heavy (non-hydrogen) atoms. The van der Waals surface area contributed by atoms with Crippen LogP contribution in [0.5, 0.6) is 0 Å². The van der Waals surface area contributed by atoms with Crippen molar-refractivity contribution in [3.63, 3.8) is 0 Å². The maximum absolute atomic E-state index is 12.8. The lowest BCUT2D eigenvalue weighted by Gasteiger charge is -2.16. The number of para-hydroxylation sites is 2. The summed E-state index contributed by atoms with van der Waals surface area (Å²) < 4.78 is 38.3. The molecule has 3 N–H and O–H groups in total. The molecule has 0 radical (unpaired) electrons. The summed E-state index contributed by atoms with van der Waals surface area (Å²) in [4.78, 5) is 32.8.